The Balaban J connectivity index is 2.07. The zero-order valence-corrected chi connectivity index (χ0v) is 18.0. The maximum Gasteiger partial charge on any atom is 0.118 e. The third-order valence-electron chi connectivity index (χ3n) is 3.96. The first kappa shape index (κ1) is 22.1. The molecule has 1 aromatic rings. The van der Waals surface area contributed by atoms with Crippen molar-refractivity contribution in [2.24, 2.45) is 4.99 Å². The Morgan fingerprint density at radius 2 is 2.11 bits per heavy atom. The highest BCUT2D eigenvalue weighted by Crippen LogP contribution is 2.27. The SMILES string of the molecule is C=N/C(=C\NCSc1ccc(OC)cc1)C(=C(C)C)N1C=C(CO)C=C(Cl)C1. The minimum Gasteiger partial charge on any atom is -0.497 e. The lowest BCUT2D eigenvalue weighted by Gasteiger charge is -2.28. The molecule has 7 heteroatoms. The monoisotopic (exact) mass is 419 g/mol. The molecule has 5 nitrogen and oxygen atoms in total. The van der Waals surface area contributed by atoms with Crippen molar-refractivity contribution in [3.63, 3.8) is 0 Å². The fourth-order valence-corrected chi connectivity index (χ4v) is 3.67. The molecule has 2 rings (SSSR count). The predicted octanol–water partition coefficient (Wildman–Crippen LogP) is 4.48. The van der Waals surface area contributed by atoms with Crippen molar-refractivity contribution in [2.45, 2.75) is 18.7 Å². The van der Waals surface area contributed by atoms with Crippen LogP contribution in [0.25, 0.3) is 0 Å². The molecular weight excluding hydrogens is 394 g/mol. The van der Waals surface area contributed by atoms with Crippen LogP contribution in [-0.4, -0.2) is 42.9 Å². The maximum absolute atomic E-state index is 9.47. The van der Waals surface area contributed by atoms with Crippen molar-refractivity contribution in [1.82, 2.24) is 10.2 Å². The van der Waals surface area contributed by atoms with Gasteiger partial charge in [-0.2, -0.15) is 0 Å². The topological polar surface area (TPSA) is 57.1 Å². The number of nitrogens with one attached hydrogen (secondary N) is 1. The zero-order valence-electron chi connectivity index (χ0n) is 16.4. The predicted molar refractivity (Wildman–Crippen MR) is 119 cm³/mol. The molecule has 1 aromatic carbocycles. The quantitative estimate of drug-likeness (QED) is 0.203. The minimum atomic E-state index is -0.0694. The number of hydrogen-bond acceptors (Lipinski definition) is 6. The third kappa shape index (κ3) is 6.19. The fraction of sp³-hybridized carbons (Fsp3) is 0.286. The fourth-order valence-electron chi connectivity index (χ4n) is 2.74. The van der Waals surface area contributed by atoms with Crippen LogP contribution in [0.15, 0.2) is 80.2 Å². The van der Waals surface area contributed by atoms with Crippen molar-refractivity contribution >= 4 is 30.1 Å². The smallest absolute Gasteiger partial charge is 0.118 e. The number of rotatable bonds is 9. The molecule has 1 aliphatic rings. The van der Waals surface area contributed by atoms with Crippen molar-refractivity contribution in [3.05, 3.63) is 70.3 Å². The second-order valence-electron chi connectivity index (χ2n) is 6.29. The van der Waals surface area contributed by atoms with E-state index >= 15 is 0 Å². The number of aliphatic imine (C=N–C) groups is 1. The van der Waals surface area contributed by atoms with Gasteiger partial charge in [0.25, 0.3) is 0 Å². The molecule has 0 aliphatic carbocycles. The highest BCUT2D eigenvalue weighted by atomic mass is 35.5. The summed E-state index contributed by atoms with van der Waals surface area (Å²) in [6.07, 6.45) is 5.53. The van der Waals surface area contributed by atoms with Gasteiger partial charge in [-0.15, -0.1) is 11.8 Å². The van der Waals surface area contributed by atoms with E-state index in [0.717, 1.165) is 33.2 Å². The van der Waals surface area contributed by atoms with E-state index in [4.69, 9.17) is 16.3 Å². The largest absolute Gasteiger partial charge is 0.497 e. The van der Waals surface area contributed by atoms with Crippen LogP contribution in [0, 0.1) is 0 Å². The van der Waals surface area contributed by atoms with Gasteiger partial charge in [-0.3, -0.25) is 4.99 Å². The number of ether oxygens (including phenoxy) is 1. The highest BCUT2D eigenvalue weighted by molar-refractivity contribution is 7.99. The summed E-state index contributed by atoms with van der Waals surface area (Å²) in [5.41, 5.74) is 3.45. The van der Waals surface area contributed by atoms with E-state index in [2.05, 4.69) is 17.0 Å². The van der Waals surface area contributed by atoms with Gasteiger partial charge < -0.3 is 20.1 Å². The van der Waals surface area contributed by atoms with Crippen LogP contribution in [0.1, 0.15) is 13.8 Å². The summed E-state index contributed by atoms with van der Waals surface area (Å²) in [6, 6.07) is 7.92. The summed E-state index contributed by atoms with van der Waals surface area (Å²) in [5.74, 6) is 1.52. The number of aliphatic hydroxyl groups excluding tert-OH is 1. The minimum absolute atomic E-state index is 0.0694. The molecule has 1 heterocycles. The standard InChI is InChI=1S/C21H26ClN3O2S/c1-15(2)21(25-11-16(13-26)9-17(22)12-25)20(23-3)10-24-14-28-19-7-5-18(27-4)6-8-19/h5-11,24,26H,3,12-14H2,1-2,4H3/b20-10-. The Hall–Kier alpha value is -2.15. The molecule has 2 N–H and O–H groups in total. The Morgan fingerprint density at radius 3 is 2.68 bits per heavy atom. The average Bonchev–Trinajstić information content (AvgIpc) is 2.69. The summed E-state index contributed by atoms with van der Waals surface area (Å²) in [4.78, 5) is 7.32. The lowest BCUT2D eigenvalue weighted by Crippen LogP contribution is -2.24. The number of thioether (sulfide) groups is 1. The molecule has 0 saturated heterocycles. The first-order valence-electron chi connectivity index (χ1n) is 8.77. The number of halogens is 1. The van der Waals surface area contributed by atoms with Crippen LogP contribution in [0.4, 0.5) is 0 Å². The van der Waals surface area contributed by atoms with Gasteiger partial charge >= 0.3 is 0 Å². The van der Waals surface area contributed by atoms with Crippen LogP contribution in [0.3, 0.4) is 0 Å². The van der Waals surface area contributed by atoms with Gasteiger partial charge in [-0.1, -0.05) is 17.2 Å². The highest BCUT2D eigenvalue weighted by Gasteiger charge is 2.18. The van der Waals surface area contributed by atoms with Crippen LogP contribution < -0.4 is 10.1 Å². The molecule has 0 saturated carbocycles. The molecule has 0 aromatic heterocycles. The number of hydrogen-bond donors (Lipinski definition) is 2. The average molecular weight is 420 g/mol. The van der Waals surface area contributed by atoms with Crippen molar-refractivity contribution in [3.8, 4) is 5.75 Å². The molecule has 0 fully saturated rings. The van der Waals surface area contributed by atoms with Gasteiger partial charge in [0.05, 0.1) is 31.8 Å². The summed E-state index contributed by atoms with van der Waals surface area (Å²) < 4.78 is 5.17. The second kappa shape index (κ2) is 11.0. The Kier molecular flexibility index (Phi) is 8.70. The maximum atomic E-state index is 9.47. The molecule has 1 aliphatic heterocycles. The summed E-state index contributed by atoms with van der Waals surface area (Å²) in [6.45, 7) is 8.20. The van der Waals surface area contributed by atoms with Crippen LogP contribution in [0.5, 0.6) is 5.75 Å². The second-order valence-corrected chi connectivity index (χ2v) is 7.82. The van der Waals surface area contributed by atoms with Crippen molar-refractivity contribution in [2.75, 3.05) is 26.1 Å². The molecule has 28 heavy (non-hydrogen) atoms. The lowest BCUT2D eigenvalue weighted by atomic mass is 10.1. The van der Waals surface area contributed by atoms with Crippen LogP contribution in [-0.2, 0) is 0 Å². The van der Waals surface area contributed by atoms with Gasteiger partial charge in [-0.05, 0) is 56.5 Å². The number of methoxy groups -OCH3 is 1. The zero-order chi connectivity index (χ0) is 20.5. The third-order valence-corrected chi connectivity index (χ3v) is 5.11. The van der Waals surface area contributed by atoms with E-state index < -0.39 is 0 Å². The number of benzene rings is 1. The van der Waals surface area contributed by atoms with Crippen molar-refractivity contribution in [1.29, 1.82) is 0 Å². The molecule has 0 spiro atoms. The number of nitrogens with zero attached hydrogens (tertiary/aromatic N) is 2. The van der Waals surface area contributed by atoms with Gasteiger partial charge in [0.2, 0.25) is 0 Å². The Labute approximate surface area is 176 Å². The number of aliphatic hydroxyl groups is 1. The summed E-state index contributed by atoms with van der Waals surface area (Å²) in [7, 11) is 1.66. The molecule has 0 amide bonds. The summed E-state index contributed by atoms with van der Waals surface area (Å²) in [5, 5.41) is 13.4. The van der Waals surface area contributed by atoms with E-state index in [1.165, 1.54) is 0 Å². The first-order chi connectivity index (χ1) is 13.5. The van der Waals surface area contributed by atoms with Gasteiger partial charge in [-0.25, -0.2) is 0 Å². The van der Waals surface area contributed by atoms with Crippen LogP contribution >= 0.6 is 23.4 Å². The molecular formula is C21H26ClN3O2S. The van der Waals surface area contributed by atoms with Gasteiger partial charge in [0.1, 0.15) is 11.4 Å². The van der Waals surface area contributed by atoms with Crippen LogP contribution in [0.2, 0.25) is 0 Å². The summed E-state index contributed by atoms with van der Waals surface area (Å²) >= 11 is 7.92. The lowest BCUT2D eigenvalue weighted by molar-refractivity contribution is 0.329. The van der Waals surface area contributed by atoms with E-state index in [9.17, 15) is 5.11 Å². The Morgan fingerprint density at radius 1 is 1.39 bits per heavy atom. The molecule has 0 atom stereocenters. The number of allylic oxidation sites excluding steroid dienone is 1. The molecule has 0 unspecified atom stereocenters. The van der Waals surface area contributed by atoms with E-state index in [-0.39, 0.29) is 6.61 Å². The van der Waals surface area contributed by atoms with Crippen molar-refractivity contribution < 1.29 is 9.84 Å². The van der Waals surface area contributed by atoms with Gasteiger partial charge in [0.15, 0.2) is 0 Å². The first-order valence-corrected chi connectivity index (χ1v) is 10.1. The normalized spacial score (nSPS) is 14.2. The molecule has 0 bridgehead atoms. The van der Waals surface area contributed by atoms with Gasteiger partial charge in [0, 0.05) is 22.3 Å². The molecule has 150 valence electrons. The molecule has 0 radical (unpaired) electrons. The van der Waals surface area contributed by atoms with E-state index in [0.29, 0.717) is 17.5 Å². The van der Waals surface area contributed by atoms with E-state index in [1.807, 2.05) is 55.4 Å². The Bertz CT molecular complexity index is 809. The van der Waals surface area contributed by atoms with E-state index in [1.54, 1.807) is 24.9 Å².